The van der Waals surface area contributed by atoms with Crippen molar-refractivity contribution in [2.45, 2.75) is 26.3 Å². The van der Waals surface area contributed by atoms with Gasteiger partial charge in [0, 0.05) is 0 Å². The molecule has 0 aliphatic rings. The van der Waals surface area contributed by atoms with Crippen molar-refractivity contribution in [1.29, 1.82) is 0 Å². The van der Waals surface area contributed by atoms with Gasteiger partial charge in [0.05, 0.1) is 10.0 Å². The van der Waals surface area contributed by atoms with Gasteiger partial charge in [0.2, 0.25) is 0 Å². The highest BCUT2D eigenvalue weighted by molar-refractivity contribution is 14.1. The van der Waals surface area contributed by atoms with Crippen molar-refractivity contribution >= 4 is 50.1 Å². The summed E-state index contributed by atoms with van der Waals surface area (Å²) in [5.41, 5.74) is -0.0664. The third-order valence-corrected chi connectivity index (χ3v) is 4.20. The van der Waals surface area contributed by atoms with E-state index in [1.807, 2.05) is 0 Å². The number of halogens is 3. The zero-order valence-corrected chi connectivity index (χ0v) is 11.5. The number of hydrogen-bond donors (Lipinski definition) is 0. The highest BCUT2D eigenvalue weighted by atomic mass is 127. The van der Waals surface area contributed by atoms with Gasteiger partial charge in [-0.05, 0) is 59.3 Å². The second kappa shape index (κ2) is 3.46. The summed E-state index contributed by atoms with van der Waals surface area (Å²) in [6.07, 6.45) is 0. The summed E-state index contributed by atoms with van der Waals surface area (Å²) >= 11 is 11.6. The zero-order chi connectivity index (χ0) is 9.52. The van der Waals surface area contributed by atoms with E-state index >= 15 is 0 Å². The number of hydrogen-bond acceptors (Lipinski definition) is 1. The summed E-state index contributed by atoms with van der Waals surface area (Å²) in [5, 5.41) is 4.96. The van der Waals surface area contributed by atoms with E-state index in [0.717, 1.165) is 8.17 Å². The van der Waals surface area contributed by atoms with Crippen LogP contribution in [0.3, 0.4) is 0 Å². The van der Waals surface area contributed by atoms with Crippen LogP contribution in [0.15, 0.2) is 4.47 Å². The average molecular weight is 363 g/mol. The molecule has 0 N–H and O–H groups in total. The van der Waals surface area contributed by atoms with Gasteiger partial charge in [0.1, 0.15) is 8.85 Å². The van der Waals surface area contributed by atoms with E-state index in [9.17, 15) is 0 Å². The first-order chi connectivity index (χ1) is 5.34. The van der Waals surface area contributed by atoms with E-state index in [-0.39, 0.29) is 5.54 Å². The molecule has 1 aromatic rings. The lowest BCUT2D eigenvalue weighted by Crippen LogP contribution is -2.23. The SMILES string of the molecule is CC(C)(C)n1nc(I)c(Br)c1Cl. The Bertz CT molecular complexity index is 303. The van der Waals surface area contributed by atoms with Gasteiger partial charge >= 0.3 is 0 Å². The normalized spacial score (nSPS) is 12.2. The minimum Gasteiger partial charge on any atom is -0.246 e. The molecule has 0 fully saturated rings. The second-order valence-electron chi connectivity index (χ2n) is 3.48. The van der Waals surface area contributed by atoms with Gasteiger partial charge in [-0.15, -0.1) is 0 Å². The van der Waals surface area contributed by atoms with E-state index in [4.69, 9.17) is 11.6 Å². The van der Waals surface area contributed by atoms with Crippen LogP contribution in [-0.4, -0.2) is 9.78 Å². The molecular formula is C7H9BrClIN2. The molecule has 68 valence electrons. The zero-order valence-electron chi connectivity index (χ0n) is 7.03. The molecule has 1 aromatic heterocycles. The van der Waals surface area contributed by atoms with E-state index in [1.54, 1.807) is 4.68 Å². The summed E-state index contributed by atoms with van der Waals surface area (Å²) < 4.78 is 3.58. The van der Waals surface area contributed by atoms with Crippen LogP contribution in [0.1, 0.15) is 20.8 Å². The Kier molecular flexibility index (Phi) is 3.11. The molecule has 0 saturated heterocycles. The van der Waals surface area contributed by atoms with Gasteiger partial charge in [-0.1, -0.05) is 11.6 Å². The fraction of sp³-hybridized carbons (Fsp3) is 0.571. The van der Waals surface area contributed by atoms with Crippen LogP contribution in [0.25, 0.3) is 0 Å². The third-order valence-electron chi connectivity index (χ3n) is 1.37. The molecule has 1 heterocycles. The van der Waals surface area contributed by atoms with Crippen LogP contribution in [0.4, 0.5) is 0 Å². The van der Waals surface area contributed by atoms with E-state index in [2.05, 4.69) is 64.4 Å². The Labute approximate surface area is 98.9 Å². The molecule has 1 rings (SSSR count). The summed E-state index contributed by atoms with van der Waals surface area (Å²) in [6.45, 7) is 6.19. The Morgan fingerprint density at radius 3 is 2.17 bits per heavy atom. The lowest BCUT2D eigenvalue weighted by Gasteiger charge is -2.19. The summed E-state index contributed by atoms with van der Waals surface area (Å²) in [5.74, 6) is 0. The maximum Gasteiger partial charge on any atom is 0.142 e. The first-order valence-corrected chi connectivity index (χ1v) is 5.69. The summed E-state index contributed by atoms with van der Waals surface area (Å²) in [6, 6.07) is 0. The first-order valence-electron chi connectivity index (χ1n) is 3.44. The Morgan fingerprint density at radius 2 is 2.00 bits per heavy atom. The molecule has 0 aliphatic heterocycles. The van der Waals surface area contributed by atoms with Crippen LogP contribution in [-0.2, 0) is 5.54 Å². The van der Waals surface area contributed by atoms with Gasteiger partial charge < -0.3 is 0 Å². The average Bonchev–Trinajstić information content (AvgIpc) is 2.15. The van der Waals surface area contributed by atoms with Crippen molar-refractivity contribution in [3.63, 3.8) is 0 Å². The molecule has 12 heavy (non-hydrogen) atoms. The van der Waals surface area contributed by atoms with Gasteiger partial charge in [-0.25, -0.2) is 4.68 Å². The minimum atomic E-state index is -0.0664. The molecule has 0 saturated carbocycles. The van der Waals surface area contributed by atoms with Gasteiger partial charge in [-0.3, -0.25) is 0 Å². The highest BCUT2D eigenvalue weighted by Crippen LogP contribution is 2.31. The maximum absolute atomic E-state index is 6.05. The Hall–Kier alpha value is 0.710. The van der Waals surface area contributed by atoms with Crippen molar-refractivity contribution in [3.8, 4) is 0 Å². The van der Waals surface area contributed by atoms with Crippen molar-refractivity contribution in [1.82, 2.24) is 9.78 Å². The third kappa shape index (κ3) is 1.96. The van der Waals surface area contributed by atoms with Crippen LogP contribution >= 0.6 is 50.1 Å². The van der Waals surface area contributed by atoms with Crippen LogP contribution in [0.2, 0.25) is 5.15 Å². The summed E-state index contributed by atoms with van der Waals surface area (Å²) in [4.78, 5) is 0. The molecule has 2 nitrogen and oxygen atoms in total. The van der Waals surface area contributed by atoms with Gasteiger partial charge in [-0.2, -0.15) is 5.10 Å². The van der Waals surface area contributed by atoms with E-state index in [0.29, 0.717) is 5.15 Å². The monoisotopic (exact) mass is 362 g/mol. The Morgan fingerprint density at radius 1 is 1.50 bits per heavy atom. The van der Waals surface area contributed by atoms with Crippen LogP contribution < -0.4 is 0 Å². The van der Waals surface area contributed by atoms with E-state index < -0.39 is 0 Å². The van der Waals surface area contributed by atoms with Gasteiger partial charge in [0.25, 0.3) is 0 Å². The fourth-order valence-electron chi connectivity index (χ4n) is 0.798. The highest BCUT2D eigenvalue weighted by Gasteiger charge is 2.21. The second-order valence-corrected chi connectivity index (χ2v) is 5.65. The molecule has 0 atom stereocenters. The van der Waals surface area contributed by atoms with E-state index in [1.165, 1.54) is 0 Å². The number of nitrogens with zero attached hydrogens (tertiary/aromatic N) is 2. The predicted molar refractivity (Wildman–Crippen MR) is 62.7 cm³/mol. The lowest BCUT2D eigenvalue weighted by atomic mass is 10.1. The standard InChI is InChI=1S/C7H9BrClIN2/c1-7(2,3)12-5(9)4(8)6(10)11-12/h1-3H3. The smallest absolute Gasteiger partial charge is 0.142 e. The van der Waals surface area contributed by atoms with Crippen molar-refractivity contribution in [3.05, 3.63) is 13.3 Å². The topological polar surface area (TPSA) is 17.8 Å². The predicted octanol–water partition coefficient (Wildman–Crippen LogP) is 3.66. The molecule has 0 amide bonds. The Balaban J connectivity index is 3.28. The largest absolute Gasteiger partial charge is 0.246 e. The molecule has 5 heteroatoms. The van der Waals surface area contributed by atoms with Gasteiger partial charge in [0.15, 0.2) is 0 Å². The molecular weight excluding hydrogens is 354 g/mol. The molecule has 0 unspecified atom stereocenters. The molecule has 0 bridgehead atoms. The minimum absolute atomic E-state index is 0.0664. The maximum atomic E-state index is 6.05. The molecule has 0 aromatic carbocycles. The van der Waals surface area contributed by atoms with Crippen LogP contribution in [0, 0.1) is 3.70 Å². The lowest BCUT2D eigenvalue weighted by molar-refractivity contribution is 0.354. The molecule has 0 aliphatic carbocycles. The first kappa shape index (κ1) is 10.8. The van der Waals surface area contributed by atoms with Crippen molar-refractivity contribution in [2.75, 3.05) is 0 Å². The molecule has 0 spiro atoms. The number of aromatic nitrogens is 2. The fourth-order valence-corrected chi connectivity index (χ4v) is 2.06. The molecule has 0 radical (unpaired) electrons. The quantitative estimate of drug-likeness (QED) is 0.644. The summed E-state index contributed by atoms with van der Waals surface area (Å²) in [7, 11) is 0. The van der Waals surface area contributed by atoms with Crippen molar-refractivity contribution < 1.29 is 0 Å². The van der Waals surface area contributed by atoms with Crippen molar-refractivity contribution in [2.24, 2.45) is 0 Å². The van der Waals surface area contributed by atoms with Crippen LogP contribution in [0.5, 0.6) is 0 Å². The number of rotatable bonds is 0.